The van der Waals surface area contributed by atoms with Crippen LogP contribution in [0.3, 0.4) is 0 Å². The molecule has 2 heterocycles. The van der Waals surface area contributed by atoms with Crippen LogP contribution in [0.1, 0.15) is 41.9 Å². The standard InChI is InChI=1S/C22H23ClO4/c1-13(10-17-7-5-6-8-18(17)23)9-16-11-19(26-12-16)21-14(2)20(24)15(3)22(25-4)27-21/h5-10,19H,11-12H2,1-4H3/b13-10+,16-9-/t19-/m1/s1. The van der Waals surface area contributed by atoms with E-state index < -0.39 is 0 Å². The Kier molecular flexibility index (Phi) is 5.88. The second kappa shape index (κ2) is 8.15. The van der Waals surface area contributed by atoms with Crippen molar-refractivity contribution >= 4 is 17.7 Å². The summed E-state index contributed by atoms with van der Waals surface area (Å²) in [6, 6.07) is 7.73. The summed E-state index contributed by atoms with van der Waals surface area (Å²) in [6.07, 6.45) is 4.53. The Balaban J connectivity index is 1.83. The molecule has 0 unspecified atom stereocenters. The largest absolute Gasteiger partial charge is 0.468 e. The third kappa shape index (κ3) is 4.18. The second-order valence-electron chi connectivity index (χ2n) is 6.75. The first-order valence-corrected chi connectivity index (χ1v) is 9.20. The van der Waals surface area contributed by atoms with Crippen molar-refractivity contribution in [3.05, 3.63) is 79.2 Å². The van der Waals surface area contributed by atoms with Crippen LogP contribution in [0.5, 0.6) is 5.95 Å². The van der Waals surface area contributed by atoms with Gasteiger partial charge in [-0.2, -0.15) is 0 Å². The maximum Gasteiger partial charge on any atom is 0.291 e. The summed E-state index contributed by atoms with van der Waals surface area (Å²) in [7, 11) is 1.49. The lowest BCUT2D eigenvalue weighted by molar-refractivity contribution is 0.0880. The number of rotatable bonds is 4. The molecule has 1 aliphatic heterocycles. The normalized spacial score (nSPS) is 18.9. The molecule has 1 saturated heterocycles. The molecule has 1 atom stereocenters. The first-order valence-electron chi connectivity index (χ1n) is 8.82. The average Bonchev–Trinajstić information content (AvgIpc) is 3.10. The van der Waals surface area contributed by atoms with E-state index in [1.807, 2.05) is 37.3 Å². The molecular formula is C22H23ClO4. The van der Waals surface area contributed by atoms with Crippen molar-refractivity contribution in [1.29, 1.82) is 0 Å². The zero-order valence-corrected chi connectivity index (χ0v) is 16.7. The molecule has 0 amide bonds. The summed E-state index contributed by atoms with van der Waals surface area (Å²) >= 11 is 6.22. The minimum absolute atomic E-state index is 0.0658. The van der Waals surface area contributed by atoms with Crippen molar-refractivity contribution in [2.45, 2.75) is 33.3 Å². The maximum atomic E-state index is 12.4. The molecule has 0 spiro atoms. The summed E-state index contributed by atoms with van der Waals surface area (Å²) in [6.45, 7) is 5.99. The Labute approximate surface area is 164 Å². The van der Waals surface area contributed by atoms with Crippen molar-refractivity contribution in [2.75, 3.05) is 13.7 Å². The third-order valence-electron chi connectivity index (χ3n) is 4.68. The van der Waals surface area contributed by atoms with Crippen molar-refractivity contribution in [1.82, 2.24) is 0 Å². The van der Waals surface area contributed by atoms with Crippen molar-refractivity contribution in [3.63, 3.8) is 0 Å². The number of halogens is 1. The van der Waals surface area contributed by atoms with Gasteiger partial charge in [-0.15, -0.1) is 0 Å². The van der Waals surface area contributed by atoms with E-state index in [0.717, 1.165) is 21.7 Å². The van der Waals surface area contributed by atoms with Crippen LogP contribution in [0.4, 0.5) is 0 Å². The Morgan fingerprint density at radius 2 is 2.00 bits per heavy atom. The summed E-state index contributed by atoms with van der Waals surface area (Å²) in [5, 5.41) is 0.722. The van der Waals surface area contributed by atoms with Crippen LogP contribution in [0, 0.1) is 13.8 Å². The summed E-state index contributed by atoms with van der Waals surface area (Å²) in [5.41, 5.74) is 4.19. The molecule has 1 aromatic heterocycles. The van der Waals surface area contributed by atoms with E-state index in [0.29, 0.717) is 29.9 Å². The Bertz CT molecular complexity index is 969. The fourth-order valence-electron chi connectivity index (χ4n) is 3.27. The monoisotopic (exact) mass is 386 g/mol. The maximum absolute atomic E-state index is 12.4. The zero-order chi connectivity index (χ0) is 19.6. The number of methoxy groups -OCH3 is 1. The van der Waals surface area contributed by atoms with E-state index in [4.69, 9.17) is 25.5 Å². The summed E-state index contributed by atoms with van der Waals surface area (Å²) < 4.78 is 16.9. The van der Waals surface area contributed by atoms with E-state index in [2.05, 4.69) is 6.08 Å². The van der Waals surface area contributed by atoms with E-state index in [-0.39, 0.29) is 17.5 Å². The predicted molar refractivity (Wildman–Crippen MR) is 108 cm³/mol. The third-order valence-corrected chi connectivity index (χ3v) is 5.02. The summed E-state index contributed by atoms with van der Waals surface area (Å²) in [4.78, 5) is 12.4. The number of allylic oxidation sites excluding steroid dienone is 2. The van der Waals surface area contributed by atoms with Crippen LogP contribution in [0.25, 0.3) is 6.08 Å². The highest BCUT2D eigenvalue weighted by Gasteiger charge is 2.28. The van der Waals surface area contributed by atoms with Gasteiger partial charge in [0.2, 0.25) is 0 Å². The quantitative estimate of drug-likeness (QED) is 0.704. The second-order valence-corrected chi connectivity index (χ2v) is 7.16. The van der Waals surface area contributed by atoms with Gasteiger partial charge in [0.15, 0.2) is 5.43 Å². The minimum Gasteiger partial charge on any atom is -0.468 e. The molecule has 2 aromatic rings. The molecule has 1 aliphatic rings. The van der Waals surface area contributed by atoms with Gasteiger partial charge < -0.3 is 13.9 Å². The molecule has 27 heavy (non-hydrogen) atoms. The molecule has 0 radical (unpaired) electrons. The van der Waals surface area contributed by atoms with Crippen LogP contribution >= 0.6 is 11.6 Å². The molecule has 0 saturated carbocycles. The number of ether oxygens (including phenoxy) is 2. The average molecular weight is 387 g/mol. The first kappa shape index (κ1) is 19.5. The predicted octanol–water partition coefficient (Wildman–Crippen LogP) is 5.41. The lowest BCUT2D eigenvalue weighted by atomic mass is 10.0. The van der Waals surface area contributed by atoms with Crippen LogP contribution in [-0.4, -0.2) is 13.7 Å². The van der Waals surface area contributed by atoms with E-state index in [1.54, 1.807) is 13.8 Å². The highest BCUT2D eigenvalue weighted by Crippen LogP contribution is 2.35. The van der Waals surface area contributed by atoms with Crippen LogP contribution in [-0.2, 0) is 4.74 Å². The molecule has 1 fully saturated rings. The van der Waals surface area contributed by atoms with Crippen molar-refractivity contribution in [3.8, 4) is 5.95 Å². The van der Waals surface area contributed by atoms with E-state index in [1.165, 1.54) is 7.11 Å². The fourth-order valence-corrected chi connectivity index (χ4v) is 3.46. The zero-order valence-electron chi connectivity index (χ0n) is 16.0. The molecule has 5 heteroatoms. The number of benzene rings is 1. The van der Waals surface area contributed by atoms with Gasteiger partial charge >= 0.3 is 0 Å². The first-order chi connectivity index (χ1) is 12.9. The Morgan fingerprint density at radius 3 is 2.70 bits per heavy atom. The van der Waals surface area contributed by atoms with E-state index >= 15 is 0 Å². The molecule has 1 aromatic carbocycles. The van der Waals surface area contributed by atoms with Gasteiger partial charge in [-0.3, -0.25) is 4.79 Å². The van der Waals surface area contributed by atoms with Crippen LogP contribution in [0.2, 0.25) is 5.02 Å². The van der Waals surface area contributed by atoms with Crippen molar-refractivity contribution < 1.29 is 13.9 Å². The van der Waals surface area contributed by atoms with Gasteiger partial charge in [0.05, 0.1) is 19.3 Å². The van der Waals surface area contributed by atoms with Gasteiger partial charge in [-0.25, -0.2) is 0 Å². The summed E-state index contributed by atoms with van der Waals surface area (Å²) in [5.74, 6) is 0.787. The van der Waals surface area contributed by atoms with Gasteiger partial charge in [-0.05, 0) is 38.0 Å². The van der Waals surface area contributed by atoms with Gasteiger partial charge in [-0.1, -0.05) is 47.5 Å². The Morgan fingerprint density at radius 1 is 1.26 bits per heavy atom. The molecule has 4 nitrogen and oxygen atoms in total. The highest BCUT2D eigenvalue weighted by atomic mass is 35.5. The molecule has 3 rings (SSSR count). The SMILES string of the molecule is COc1oc([C@H]2C/C(=C/C(C)=C/c3ccccc3Cl)CO2)c(C)c(=O)c1C. The molecule has 0 bridgehead atoms. The topological polar surface area (TPSA) is 48.7 Å². The lowest BCUT2D eigenvalue weighted by Gasteiger charge is -2.13. The number of hydrogen-bond donors (Lipinski definition) is 0. The van der Waals surface area contributed by atoms with Gasteiger partial charge in [0, 0.05) is 17.0 Å². The molecular weight excluding hydrogens is 364 g/mol. The van der Waals surface area contributed by atoms with Crippen LogP contribution < -0.4 is 10.2 Å². The fraction of sp³-hybridized carbons (Fsp3) is 0.318. The number of hydrogen-bond acceptors (Lipinski definition) is 4. The molecule has 0 aliphatic carbocycles. The molecule has 142 valence electrons. The highest BCUT2D eigenvalue weighted by molar-refractivity contribution is 6.32. The van der Waals surface area contributed by atoms with Gasteiger partial charge in [0.25, 0.3) is 5.95 Å². The minimum atomic E-state index is -0.286. The van der Waals surface area contributed by atoms with E-state index in [9.17, 15) is 4.79 Å². The van der Waals surface area contributed by atoms with Crippen molar-refractivity contribution in [2.24, 2.45) is 0 Å². The van der Waals surface area contributed by atoms with Gasteiger partial charge in [0.1, 0.15) is 11.9 Å². The lowest BCUT2D eigenvalue weighted by Crippen LogP contribution is -2.15. The van der Waals surface area contributed by atoms with Crippen LogP contribution in [0.15, 0.2) is 50.7 Å². The Hall–Kier alpha value is -2.30. The molecule has 0 N–H and O–H groups in total. The smallest absolute Gasteiger partial charge is 0.291 e.